The Bertz CT molecular complexity index is 1160. The summed E-state index contributed by atoms with van der Waals surface area (Å²) in [4.78, 5) is 45.7. The summed E-state index contributed by atoms with van der Waals surface area (Å²) in [6.45, 7) is 7.90. The molecule has 200 valence electrons. The summed E-state index contributed by atoms with van der Waals surface area (Å²) in [5.74, 6) is -0.351. The van der Waals surface area contributed by atoms with E-state index in [0.29, 0.717) is 18.0 Å². The zero-order valence-corrected chi connectivity index (χ0v) is 22.3. The minimum atomic E-state index is -0.443. The van der Waals surface area contributed by atoms with Gasteiger partial charge in [-0.2, -0.15) is 0 Å². The number of aryl methyl sites for hydroxylation is 1. The summed E-state index contributed by atoms with van der Waals surface area (Å²) in [5.41, 5.74) is 1.74. The van der Waals surface area contributed by atoms with E-state index in [1.807, 2.05) is 58.0 Å². The summed E-state index contributed by atoms with van der Waals surface area (Å²) < 4.78 is 6.78. The number of alkyl carbamates (subject to hydrolysis) is 1. The highest BCUT2D eigenvalue weighted by molar-refractivity contribution is 5.93. The van der Waals surface area contributed by atoms with Crippen LogP contribution < -0.4 is 21.5 Å². The minimum absolute atomic E-state index is 0.179. The molecule has 1 aromatic carbocycles. The topological polar surface area (TPSA) is 119 Å². The largest absolute Gasteiger partial charge is 0.444 e. The summed E-state index contributed by atoms with van der Waals surface area (Å²) >= 11 is 0. The molecule has 37 heavy (non-hydrogen) atoms. The molecular weight excluding hydrogens is 472 g/mol. The van der Waals surface area contributed by atoms with Crippen molar-refractivity contribution in [2.24, 2.45) is 5.41 Å². The molecule has 0 aliphatic heterocycles. The minimum Gasteiger partial charge on any atom is -0.444 e. The Kier molecular flexibility index (Phi) is 8.78. The lowest BCUT2D eigenvalue weighted by molar-refractivity contribution is -0.113. The van der Waals surface area contributed by atoms with Gasteiger partial charge in [-0.1, -0.05) is 30.3 Å². The van der Waals surface area contributed by atoms with Crippen LogP contribution in [0.3, 0.4) is 0 Å². The van der Waals surface area contributed by atoms with Crippen molar-refractivity contribution in [3.8, 4) is 0 Å². The van der Waals surface area contributed by atoms with Crippen molar-refractivity contribution in [3.63, 3.8) is 0 Å². The number of nitrogens with zero attached hydrogens (tertiary/aromatic N) is 1. The number of benzene rings is 1. The van der Waals surface area contributed by atoms with E-state index < -0.39 is 5.60 Å². The molecule has 3 N–H and O–H groups in total. The van der Waals surface area contributed by atoms with E-state index in [9.17, 15) is 19.2 Å². The highest BCUT2D eigenvalue weighted by Crippen LogP contribution is 2.55. The van der Waals surface area contributed by atoms with Gasteiger partial charge in [-0.3, -0.25) is 14.4 Å². The van der Waals surface area contributed by atoms with Crippen molar-refractivity contribution in [1.82, 2.24) is 20.5 Å². The molecule has 9 nitrogen and oxygen atoms in total. The molecule has 1 heterocycles. The number of ether oxygens (including phenoxy) is 1. The molecule has 2 aliphatic carbocycles. The summed E-state index contributed by atoms with van der Waals surface area (Å²) in [5, 5.41) is 8.18. The zero-order valence-electron chi connectivity index (χ0n) is 22.3. The summed E-state index contributed by atoms with van der Waals surface area (Å²) in [6.07, 6.45) is 6.29. The predicted octanol–water partition coefficient (Wildman–Crippen LogP) is 3.13. The number of hydrogen-bond acceptors (Lipinski definition) is 5. The molecule has 2 saturated carbocycles. The number of rotatable bonds is 6. The molecule has 0 bridgehead atoms. The van der Waals surface area contributed by atoms with Gasteiger partial charge >= 0.3 is 6.09 Å². The van der Waals surface area contributed by atoms with E-state index in [1.54, 1.807) is 16.8 Å². The number of amides is 3. The molecule has 3 amide bonds. The van der Waals surface area contributed by atoms with Crippen molar-refractivity contribution >= 4 is 18.4 Å². The number of carbonyl (C=O) groups is 3. The number of pyridine rings is 1. The van der Waals surface area contributed by atoms with Gasteiger partial charge in [-0.15, -0.1) is 0 Å². The molecule has 0 saturated heterocycles. The third-order valence-electron chi connectivity index (χ3n) is 6.63. The first-order chi connectivity index (χ1) is 17.4. The van der Waals surface area contributed by atoms with Crippen LogP contribution in [0.25, 0.3) is 0 Å². The first-order valence-electron chi connectivity index (χ1n) is 12.6. The Labute approximate surface area is 218 Å². The Morgan fingerprint density at radius 3 is 2.30 bits per heavy atom. The lowest BCUT2D eigenvalue weighted by Gasteiger charge is -2.57. The van der Waals surface area contributed by atoms with E-state index in [-0.39, 0.29) is 29.2 Å². The summed E-state index contributed by atoms with van der Waals surface area (Å²) in [7, 11) is 1.52. The molecule has 4 rings (SSSR count). The van der Waals surface area contributed by atoms with Crippen LogP contribution in [0, 0.1) is 12.3 Å². The Morgan fingerprint density at radius 1 is 1.11 bits per heavy atom. The van der Waals surface area contributed by atoms with Crippen LogP contribution in [0.4, 0.5) is 4.79 Å². The highest BCUT2D eigenvalue weighted by atomic mass is 16.6. The molecule has 2 aliphatic rings. The molecule has 2 aromatic rings. The number of carbonyl (C=O) groups excluding carboxylic acids is 3. The maximum Gasteiger partial charge on any atom is 0.407 e. The van der Waals surface area contributed by atoms with Crippen molar-refractivity contribution in [3.05, 3.63) is 69.6 Å². The standard InChI is InChI=1S/C15H16N2O2.C13H22N2O3/c1-11-8-13(14(18)16-2)15(19)17(9-11)10-12-6-4-3-5-7-12;1-12(2,3)18-11(17)15-10-6-13(7-10)4-9(5-13)14-8-16/h3-9H,10H2,1-2H3,(H,16,18);8-10H,4-7H2,1-3H3,(H,14,16)(H,15,17). The Morgan fingerprint density at radius 2 is 1.73 bits per heavy atom. The van der Waals surface area contributed by atoms with Crippen LogP contribution in [0.2, 0.25) is 0 Å². The van der Waals surface area contributed by atoms with Crippen molar-refractivity contribution in [2.45, 2.75) is 77.6 Å². The van der Waals surface area contributed by atoms with Gasteiger partial charge in [-0.25, -0.2) is 4.79 Å². The first kappa shape index (κ1) is 28.0. The average Bonchev–Trinajstić information content (AvgIpc) is 2.78. The van der Waals surface area contributed by atoms with Crippen molar-refractivity contribution < 1.29 is 19.1 Å². The van der Waals surface area contributed by atoms with Gasteiger partial charge in [0.1, 0.15) is 11.2 Å². The van der Waals surface area contributed by atoms with Gasteiger partial charge in [-0.05, 0) is 76.0 Å². The molecule has 2 fully saturated rings. The highest BCUT2D eigenvalue weighted by Gasteiger charge is 2.53. The maximum atomic E-state index is 12.2. The second-order valence-corrected chi connectivity index (χ2v) is 11.1. The molecular formula is C28H38N4O5. The fraction of sp³-hybridized carbons (Fsp3) is 0.500. The average molecular weight is 511 g/mol. The normalized spacial score (nSPS) is 21.9. The molecule has 1 aromatic heterocycles. The lowest BCUT2D eigenvalue weighted by atomic mass is 9.52. The second-order valence-electron chi connectivity index (χ2n) is 11.1. The Balaban J connectivity index is 0.000000206. The van der Waals surface area contributed by atoms with Crippen molar-refractivity contribution in [1.29, 1.82) is 0 Å². The molecule has 0 atom stereocenters. The molecule has 0 unspecified atom stereocenters. The quantitative estimate of drug-likeness (QED) is 0.516. The van der Waals surface area contributed by atoms with Crippen molar-refractivity contribution in [2.75, 3.05) is 7.05 Å². The van der Waals surface area contributed by atoms with E-state index >= 15 is 0 Å². The Hall–Kier alpha value is -3.62. The van der Waals surface area contributed by atoms with Gasteiger partial charge in [0.05, 0.1) is 6.54 Å². The third-order valence-corrected chi connectivity index (χ3v) is 6.63. The van der Waals surface area contributed by atoms with E-state index in [0.717, 1.165) is 43.2 Å². The van der Waals surface area contributed by atoms with Gasteiger partial charge < -0.3 is 25.3 Å². The second kappa shape index (κ2) is 11.6. The van der Waals surface area contributed by atoms with E-state index in [1.165, 1.54) is 7.05 Å². The summed E-state index contributed by atoms with van der Waals surface area (Å²) in [6, 6.07) is 11.9. The van der Waals surface area contributed by atoms with E-state index in [4.69, 9.17) is 4.74 Å². The van der Waals surface area contributed by atoms with Gasteiger partial charge in [0.25, 0.3) is 11.5 Å². The number of hydrogen-bond donors (Lipinski definition) is 3. The lowest BCUT2D eigenvalue weighted by Crippen LogP contribution is -2.60. The van der Waals surface area contributed by atoms with Gasteiger partial charge in [0.15, 0.2) is 0 Å². The van der Waals surface area contributed by atoms with Crippen LogP contribution in [0.15, 0.2) is 47.4 Å². The number of aromatic nitrogens is 1. The predicted molar refractivity (Wildman–Crippen MR) is 141 cm³/mol. The van der Waals surface area contributed by atoms with Crippen LogP contribution in [-0.2, 0) is 16.1 Å². The molecule has 0 radical (unpaired) electrons. The van der Waals surface area contributed by atoms with Gasteiger partial charge in [0.2, 0.25) is 6.41 Å². The zero-order chi connectivity index (χ0) is 27.2. The monoisotopic (exact) mass is 510 g/mol. The van der Waals surface area contributed by atoms with E-state index in [2.05, 4.69) is 16.0 Å². The fourth-order valence-electron chi connectivity index (χ4n) is 5.08. The maximum absolute atomic E-state index is 12.2. The first-order valence-corrected chi connectivity index (χ1v) is 12.6. The molecule has 9 heteroatoms. The molecule has 1 spiro atoms. The van der Waals surface area contributed by atoms with Crippen LogP contribution in [0.1, 0.15) is 67.9 Å². The van der Waals surface area contributed by atoms with Crippen LogP contribution in [0.5, 0.6) is 0 Å². The van der Waals surface area contributed by atoms with Crippen LogP contribution >= 0.6 is 0 Å². The number of nitrogens with one attached hydrogen (secondary N) is 3. The smallest absolute Gasteiger partial charge is 0.407 e. The van der Waals surface area contributed by atoms with Gasteiger partial charge in [0, 0.05) is 25.3 Å². The fourth-order valence-corrected chi connectivity index (χ4v) is 5.08. The SMILES string of the molecule is CC(C)(C)OC(=O)NC1CC2(CC(NC=O)C2)C1.CNC(=O)c1cc(C)cn(Cc2ccccc2)c1=O. The third kappa shape index (κ3) is 7.68. The van der Waals surface area contributed by atoms with Crippen LogP contribution in [-0.4, -0.2) is 47.7 Å².